The first kappa shape index (κ1) is 34.7. The van der Waals surface area contributed by atoms with Gasteiger partial charge in [0.05, 0.1) is 41.3 Å². The molecule has 2 aromatic carbocycles. The predicted molar refractivity (Wildman–Crippen MR) is 165 cm³/mol. The number of primary sulfonamides is 1. The molecular weight excluding hydrogens is 648 g/mol. The second-order valence-electron chi connectivity index (χ2n) is 10.7. The molecule has 1 aliphatic carbocycles. The molecule has 0 fully saturated rings. The van der Waals surface area contributed by atoms with Gasteiger partial charge in [0.2, 0.25) is 33.1 Å². The standard InChI is InChI=1S/C30H35ClN2O12S/c1-14-9-17(34)23(28(36)30(14)29(37)24-18(40-2)13-19(41-3)25(31)27(24)45-30)16(12-22(35)33-7-8-46(32,38)39)15-10-20(42-4)26(44-6)21(11-15)43-5/h10-11,13-14,16,36H,7-9,12H2,1-6H3,(H,33,35)(H2,32,38,39)/t14-,16?,30+/m1/s1. The fourth-order valence-corrected chi connectivity index (χ4v) is 6.47. The zero-order valence-corrected chi connectivity index (χ0v) is 27.6. The van der Waals surface area contributed by atoms with Crippen molar-refractivity contribution >= 4 is 39.1 Å². The summed E-state index contributed by atoms with van der Waals surface area (Å²) < 4.78 is 56.2. The van der Waals surface area contributed by atoms with Gasteiger partial charge in [-0.15, -0.1) is 0 Å². The Labute approximate surface area is 270 Å². The van der Waals surface area contributed by atoms with Crippen LogP contribution in [0.3, 0.4) is 0 Å². The van der Waals surface area contributed by atoms with Gasteiger partial charge in [0.1, 0.15) is 22.1 Å². The molecule has 1 amide bonds. The molecule has 0 aromatic heterocycles. The van der Waals surface area contributed by atoms with Crippen LogP contribution < -0.4 is 38.9 Å². The molecule has 2 aliphatic rings. The minimum Gasteiger partial charge on any atom is -0.507 e. The smallest absolute Gasteiger partial charge is 0.231 e. The second kappa shape index (κ2) is 13.3. The van der Waals surface area contributed by atoms with Crippen LogP contribution in [0.25, 0.3) is 0 Å². The summed E-state index contributed by atoms with van der Waals surface area (Å²) in [6, 6.07) is 4.41. The van der Waals surface area contributed by atoms with Crippen LogP contribution in [0.15, 0.2) is 29.5 Å². The number of benzene rings is 2. The molecule has 46 heavy (non-hydrogen) atoms. The maximum Gasteiger partial charge on any atom is 0.231 e. The Morgan fingerprint density at radius 1 is 1.04 bits per heavy atom. The summed E-state index contributed by atoms with van der Waals surface area (Å²) in [6.07, 6.45) is -0.734. The van der Waals surface area contributed by atoms with E-state index in [1.807, 2.05) is 0 Å². The first-order valence-electron chi connectivity index (χ1n) is 13.9. The summed E-state index contributed by atoms with van der Waals surface area (Å²) in [5, 5.41) is 19.5. The average Bonchev–Trinajstić information content (AvgIpc) is 3.32. The van der Waals surface area contributed by atoms with Crippen molar-refractivity contribution in [1.29, 1.82) is 0 Å². The number of methoxy groups -OCH3 is 5. The van der Waals surface area contributed by atoms with Gasteiger partial charge in [-0.1, -0.05) is 18.5 Å². The van der Waals surface area contributed by atoms with Gasteiger partial charge >= 0.3 is 0 Å². The van der Waals surface area contributed by atoms with E-state index in [0.29, 0.717) is 0 Å². The number of allylic oxidation sites excluding steroid dienone is 1. The van der Waals surface area contributed by atoms with Crippen molar-refractivity contribution in [3.63, 3.8) is 0 Å². The van der Waals surface area contributed by atoms with Crippen molar-refractivity contribution in [2.24, 2.45) is 11.1 Å². The van der Waals surface area contributed by atoms with Crippen LogP contribution in [0.5, 0.6) is 34.5 Å². The molecular formula is C30H35ClN2O12S. The van der Waals surface area contributed by atoms with E-state index in [0.717, 1.165) is 0 Å². The summed E-state index contributed by atoms with van der Waals surface area (Å²) in [7, 11) is 2.98. The number of carbonyl (C=O) groups excluding carboxylic acids is 3. The predicted octanol–water partition coefficient (Wildman–Crippen LogP) is 2.70. The van der Waals surface area contributed by atoms with E-state index in [2.05, 4.69) is 5.32 Å². The van der Waals surface area contributed by atoms with Crippen molar-refractivity contribution in [1.82, 2.24) is 5.32 Å². The van der Waals surface area contributed by atoms with Gasteiger partial charge in [-0.25, -0.2) is 13.6 Å². The van der Waals surface area contributed by atoms with Crippen LogP contribution in [0.2, 0.25) is 5.02 Å². The number of carbonyl (C=O) groups is 3. The largest absolute Gasteiger partial charge is 0.507 e. The fourth-order valence-electron chi connectivity index (χ4n) is 5.82. The molecule has 0 saturated carbocycles. The number of ether oxygens (including phenoxy) is 6. The minimum atomic E-state index is -3.88. The molecule has 0 saturated heterocycles. The number of ketones is 2. The van der Waals surface area contributed by atoms with Crippen LogP contribution >= 0.6 is 11.6 Å². The number of halogens is 1. The highest BCUT2D eigenvalue weighted by Gasteiger charge is 2.61. The van der Waals surface area contributed by atoms with Gasteiger partial charge in [-0.3, -0.25) is 14.4 Å². The van der Waals surface area contributed by atoms with Gasteiger partial charge in [-0.2, -0.15) is 0 Å². The van der Waals surface area contributed by atoms with Gasteiger partial charge in [-0.05, 0) is 17.7 Å². The van der Waals surface area contributed by atoms with Gasteiger partial charge in [0.15, 0.2) is 28.8 Å². The lowest BCUT2D eigenvalue weighted by Crippen LogP contribution is -2.53. The number of aliphatic hydroxyl groups excluding tert-OH is 1. The van der Waals surface area contributed by atoms with Crippen LogP contribution in [0.4, 0.5) is 0 Å². The summed E-state index contributed by atoms with van der Waals surface area (Å²) >= 11 is 6.55. The Morgan fingerprint density at radius 2 is 1.63 bits per heavy atom. The highest BCUT2D eigenvalue weighted by molar-refractivity contribution is 7.89. The van der Waals surface area contributed by atoms with E-state index in [-0.39, 0.29) is 69.2 Å². The topological polar surface area (TPSA) is 199 Å². The van der Waals surface area contributed by atoms with Crippen LogP contribution in [0, 0.1) is 5.92 Å². The van der Waals surface area contributed by atoms with Crippen LogP contribution in [0.1, 0.15) is 41.6 Å². The number of nitrogens with two attached hydrogens (primary N) is 1. The number of sulfonamides is 1. The quantitative estimate of drug-likeness (QED) is 0.296. The van der Waals surface area contributed by atoms with Gasteiger partial charge in [0.25, 0.3) is 0 Å². The highest BCUT2D eigenvalue weighted by Crippen LogP contribution is 2.56. The van der Waals surface area contributed by atoms with E-state index in [1.54, 1.807) is 6.92 Å². The molecule has 4 rings (SSSR count). The van der Waals surface area contributed by atoms with E-state index in [9.17, 15) is 27.9 Å². The Hall–Kier alpha value is -4.21. The lowest BCUT2D eigenvalue weighted by atomic mass is 9.69. The summed E-state index contributed by atoms with van der Waals surface area (Å²) in [4.78, 5) is 41.3. The molecule has 0 radical (unpaired) electrons. The highest BCUT2D eigenvalue weighted by atomic mass is 35.5. The number of Topliss-reactive ketones (excluding diaryl/α,β-unsaturated/α-hetero) is 2. The SMILES string of the molecule is COc1cc(OC)c2c(c1Cl)O[C@]1(C2=O)C(O)=C(C(CC(=O)NCCS(N)(=O)=O)c2cc(OC)c(OC)c(OC)c2)C(=O)C[C@H]1C. The van der Waals surface area contributed by atoms with E-state index >= 15 is 0 Å². The Bertz CT molecular complexity index is 1700. The zero-order valence-electron chi connectivity index (χ0n) is 26.0. The normalized spacial score (nSPS) is 19.8. The molecule has 1 aliphatic heterocycles. The molecule has 16 heteroatoms. The summed E-state index contributed by atoms with van der Waals surface area (Å²) in [5.74, 6) is -4.58. The molecule has 4 N–H and O–H groups in total. The maximum absolute atomic E-state index is 14.3. The number of nitrogens with one attached hydrogen (secondary N) is 1. The van der Waals surface area contributed by atoms with E-state index < -0.39 is 62.9 Å². The number of amides is 1. The average molecular weight is 683 g/mol. The maximum atomic E-state index is 14.3. The third kappa shape index (κ3) is 6.01. The Balaban J connectivity index is 1.94. The van der Waals surface area contributed by atoms with Crippen molar-refractivity contribution in [2.45, 2.75) is 31.3 Å². The van der Waals surface area contributed by atoms with E-state index in [1.165, 1.54) is 53.7 Å². The van der Waals surface area contributed by atoms with E-state index in [4.69, 9.17) is 45.2 Å². The summed E-state index contributed by atoms with van der Waals surface area (Å²) in [5.41, 5.74) is -2.17. The number of aliphatic hydroxyl groups is 1. The number of hydrogen-bond acceptors (Lipinski definition) is 12. The molecule has 1 spiro atoms. The molecule has 0 bridgehead atoms. The molecule has 1 unspecified atom stereocenters. The third-order valence-corrected chi connectivity index (χ3v) is 9.18. The molecule has 2 aromatic rings. The van der Waals surface area contributed by atoms with Crippen molar-refractivity contribution in [3.8, 4) is 34.5 Å². The van der Waals surface area contributed by atoms with Crippen molar-refractivity contribution in [3.05, 3.63) is 45.7 Å². The number of rotatable bonds is 12. The molecule has 250 valence electrons. The molecule has 14 nitrogen and oxygen atoms in total. The fraction of sp³-hybridized carbons (Fsp3) is 0.433. The van der Waals surface area contributed by atoms with Crippen LogP contribution in [-0.4, -0.2) is 84.4 Å². The third-order valence-electron chi connectivity index (χ3n) is 8.05. The first-order chi connectivity index (χ1) is 21.7. The van der Waals surface area contributed by atoms with Gasteiger partial charge in [0, 0.05) is 42.9 Å². The zero-order chi connectivity index (χ0) is 34.1. The van der Waals surface area contributed by atoms with Gasteiger partial charge < -0.3 is 38.8 Å². The van der Waals surface area contributed by atoms with Crippen LogP contribution in [-0.2, 0) is 19.6 Å². The Morgan fingerprint density at radius 3 is 2.15 bits per heavy atom. The first-order valence-corrected chi connectivity index (χ1v) is 16.0. The monoisotopic (exact) mass is 682 g/mol. The number of fused-ring (bicyclic) bond motifs is 1. The lowest BCUT2D eigenvalue weighted by molar-refractivity contribution is -0.121. The Kier molecular flexibility index (Phi) is 9.99. The summed E-state index contributed by atoms with van der Waals surface area (Å²) in [6.45, 7) is 1.26. The van der Waals surface area contributed by atoms with Crippen molar-refractivity contribution in [2.75, 3.05) is 47.8 Å². The lowest BCUT2D eigenvalue weighted by Gasteiger charge is -2.38. The minimum absolute atomic E-state index is 0.0441. The second-order valence-corrected chi connectivity index (χ2v) is 12.8. The molecule has 3 atom stereocenters. The number of hydrogen-bond donors (Lipinski definition) is 3. The van der Waals surface area contributed by atoms with Crippen molar-refractivity contribution < 1.29 is 56.3 Å². The molecule has 1 heterocycles.